The van der Waals surface area contributed by atoms with Crippen LogP contribution in [0.1, 0.15) is 12.5 Å². The molecule has 0 radical (unpaired) electrons. The van der Waals surface area contributed by atoms with Crippen molar-refractivity contribution in [1.82, 2.24) is 0 Å². The molecule has 0 aliphatic heterocycles. The molecule has 0 saturated carbocycles. The van der Waals surface area contributed by atoms with Gasteiger partial charge in [0.25, 0.3) is 0 Å². The quantitative estimate of drug-likeness (QED) is 0.609. The zero-order valence-corrected chi connectivity index (χ0v) is 9.72. The van der Waals surface area contributed by atoms with E-state index < -0.39 is 0 Å². The highest BCUT2D eigenvalue weighted by atomic mass is 14.7. The number of nitrogens with zero attached hydrogens (tertiary/aromatic N) is 1. The first-order chi connectivity index (χ1) is 8.15. The topological polar surface area (TPSA) is 64.4 Å². The van der Waals surface area contributed by atoms with E-state index in [4.69, 9.17) is 11.5 Å². The zero-order valence-electron chi connectivity index (χ0n) is 9.72. The van der Waals surface area contributed by atoms with E-state index in [1.807, 2.05) is 55.5 Å². The molecule has 2 rings (SSSR count). The summed E-state index contributed by atoms with van der Waals surface area (Å²) in [6.45, 7) is 1.97. The van der Waals surface area contributed by atoms with Crippen LogP contribution < -0.4 is 11.5 Å². The average molecular weight is 225 g/mol. The lowest BCUT2D eigenvalue weighted by Gasteiger charge is -2.02. The van der Waals surface area contributed by atoms with E-state index in [1.165, 1.54) is 0 Å². The number of hydrogen-bond donors (Lipinski definition) is 2. The lowest BCUT2D eigenvalue weighted by Crippen LogP contribution is -1.94. The maximum atomic E-state index is 5.64. The van der Waals surface area contributed by atoms with Gasteiger partial charge in [-0.25, -0.2) is 0 Å². The summed E-state index contributed by atoms with van der Waals surface area (Å²) in [7, 11) is 0. The van der Waals surface area contributed by atoms with Gasteiger partial charge in [-0.2, -0.15) is 0 Å². The maximum absolute atomic E-state index is 5.64. The molecule has 0 atom stereocenters. The number of rotatable bonds is 2. The summed E-state index contributed by atoms with van der Waals surface area (Å²) < 4.78 is 0. The van der Waals surface area contributed by atoms with Crippen LogP contribution in [0.2, 0.25) is 0 Å². The van der Waals surface area contributed by atoms with Crippen LogP contribution in [-0.2, 0) is 0 Å². The molecule has 0 amide bonds. The van der Waals surface area contributed by atoms with Gasteiger partial charge in [0.05, 0.1) is 5.69 Å². The van der Waals surface area contributed by atoms with E-state index in [-0.39, 0.29) is 0 Å². The second-order valence-electron chi connectivity index (χ2n) is 3.91. The summed E-state index contributed by atoms with van der Waals surface area (Å²) in [5.74, 6) is 0. The molecule has 0 saturated heterocycles. The minimum Gasteiger partial charge on any atom is -0.399 e. The van der Waals surface area contributed by atoms with E-state index in [1.54, 1.807) is 0 Å². The summed E-state index contributed by atoms with van der Waals surface area (Å²) >= 11 is 0. The Hall–Kier alpha value is -2.29. The number of nitrogens with two attached hydrogens (primary N) is 2. The number of benzene rings is 2. The van der Waals surface area contributed by atoms with Crippen molar-refractivity contribution < 1.29 is 0 Å². The highest BCUT2D eigenvalue weighted by Gasteiger charge is 1.97. The van der Waals surface area contributed by atoms with Gasteiger partial charge in [-0.15, -0.1) is 0 Å². The highest BCUT2D eigenvalue weighted by molar-refractivity contribution is 6.00. The minimum atomic E-state index is 0.745. The average Bonchev–Trinajstić information content (AvgIpc) is 2.33. The molecule has 17 heavy (non-hydrogen) atoms. The fourth-order valence-electron chi connectivity index (χ4n) is 1.53. The molecule has 4 N–H and O–H groups in total. The summed E-state index contributed by atoms with van der Waals surface area (Å²) in [5, 5.41) is 0. The smallest absolute Gasteiger partial charge is 0.0634 e. The minimum absolute atomic E-state index is 0.745. The predicted octanol–water partition coefficient (Wildman–Crippen LogP) is 2.99. The van der Waals surface area contributed by atoms with Gasteiger partial charge in [-0.05, 0) is 48.9 Å². The first kappa shape index (κ1) is 11.2. The van der Waals surface area contributed by atoms with Crippen molar-refractivity contribution in [2.24, 2.45) is 4.99 Å². The third-order valence-electron chi connectivity index (χ3n) is 2.52. The molecule has 0 fully saturated rings. The van der Waals surface area contributed by atoms with Crippen LogP contribution in [0.15, 0.2) is 53.5 Å². The van der Waals surface area contributed by atoms with Crippen molar-refractivity contribution >= 4 is 22.8 Å². The largest absolute Gasteiger partial charge is 0.399 e. The monoisotopic (exact) mass is 225 g/mol. The Morgan fingerprint density at radius 3 is 1.82 bits per heavy atom. The molecule has 2 aromatic carbocycles. The van der Waals surface area contributed by atoms with Gasteiger partial charge < -0.3 is 11.5 Å². The first-order valence-corrected chi connectivity index (χ1v) is 5.42. The molecule has 0 spiro atoms. The van der Waals surface area contributed by atoms with Gasteiger partial charge >= 0.3 is 0 Å². The molecule has 0 bridgehead atoms. The van der Waals surface area contributed by atoms with Crippen molar-refractivity contribution in [3.8, 4) is 0 Å². The van der Waals surface area contributed by atoms with Crippen molar-refractivity contribution in [2.45, 2.75) is 6.92 Å². The number of aliphatic imine (C=N–C) groups is 1. The van der Waals surface area contributed by atoms with Crippen molar-refractivity contribution in [3.05, 3.63) is 54.1 Å². The molecule has 86 valence electrons. The molecular weight excluding hydrogens is 210 g/mol. The van der Waals surface area contributed by atoms with Crippen LogP contribution in [0.3, 0.4) is 0 Å². The second-order valence-corrected chi connectivity index (χ2v) is 3.91. The Labute approximate surface area is 101 Å². The van der Waals surface area contributed by atoms with Crippen molar-refractivity contribution in [2.75, 3.05) is 11.5 Å². The number of hydrogen-bond acceptors (Lipinski definition) is 3. The Morgan fingerprint density at radius 2 is 1.29 bits per heavy atom. The summed E-state index contributed by atoms with van der Waals surface area (Å²) in [6, 6.07) is 15.2. The van der Waals surface area contributed by atoms with Gasteiger partial charge in [-0.1, -0.05) is 12.1 Å². The fourth-order valence-corrected chi connectivity index (χ4v) is 1.53. The SMILES string of the molecule is CC(=Nc1ccc(N)cc1)c1ccc(N)cc1. The molecular formula is C14H15N3. The zero-order chi connectivity index (χ0) is 12.3. The lowest BCUT2D eigenvalue weighted by molar-refractivity contribution is 1.47. The van der Waals surface area contributed by atoms with E-state index >= 15 is 0 Å². The first-order valence-electron chi connectivity index (χ1n) is 5.42. The van der Waals surface area contributed by atoms with Crippen LogP contribution >= 0.6 is 0 Å². The van der Waals surface area contributed by atoms with E-state index in [2.05, 4.69) is 4.99 Å². The van der Waals surface area contributed by atoms with Gasteiger partial charge in [0.2, 0.25) is 0 Å². The normalized spacial score (nSPS) is 11.5. The summed E-state index contributed by atoms with van der Waals surface area (Å²) in [6.07, 6.45) is 0. The van der Waals surface area contributed by atoms with Crippen molar-refractivity contribution in [1.29, 1.82) is 0 Å². The van der Waals surface area contributed by atoms with Gasteiger partial charge in [0.15, 0.2) is 0 Å². The third-order valence-corrected chi connectivity index (χ3v) is 2.52. The summed E-state index contributed by atoms with van der Waals surface area (Å²) in [4.78, 5) is 4.52. The van der Waals surface area contributed by atoms with Crippen molar-refractivity contribution in [3.63, 3.8) is 0 Å². The Morgan fingerprint density at radius 1 is 0.824 bits per heavy atom. The van der Waals surface area contributed by atoms with E-state index in [9.17, 15) is 0 Å². The Balaban J connectivity index is 2.27. The Bertz CT molecular complexity index is 524. The standard InChI is InChI=1S/C14H15N3/c1-10(11-2-4-12(15)5-3-11)17-14-8-6-13(16)7-9-14/h2-9H,15-16H2,1H3. The highest BCUT2D eigenvalue weighted by Crippen LogP contribution is 2.16. The molecule has 3 nitrogen and oxygen atoms in total. The van der Waals surface area contributed by atoms with E-state index in [0.29, 0.717) is 0 Å². The Kier molecular flexibility index (Phi) is 3.10. The molecule has 0 unspecified atom stereocenters. The van der Waals surface area contributed by atoms with Crippen LogP contribution in [0, 0.1) is 0 Å². The number of nitrogen functional groups attached to an aromatic ring is 2. The summed E-state index contributed by atoms with van der Waals surface area (Å²) in [5.41, 5.74) is 15.7. The predicted molar refractivity (Wildman–Crippen MR) is 73.6 cm³/mol. The molecule has 3 heteroatoms. The maximum Gasteiger partial charge on any atom is 0.0634 e. The molecule has 0 aliphatic rings. The van der Waals surface area contributed by atoms with Gasteiger partial charge in [0, 0.05) is 17.1 Å². The molecule has 2 aromatic rings. The number of anilines is 2. The molecule has 0 aromatic heterocycles. The fraction of sp³-hybridized carbons (Fsp3) is 0.0714. The van der Waals surface area contributed by atoms with Crippen LogP contribution in [0.25, 0.3) is 0 Å². The second kappa shape index (κ2) is 4.70. The van der Waals surface area contributed by atoms with Crippen LogP contribution in [0.4, 0.5) is 17.1 Å². The van der Waals surface area contributed by atoms with E-state index in [0.717, 1.165) is 28.3 Å². The third kappa shape index (κ3) is 2.84. The lowest BCUT2D eigenvalue weighted by atomic mass is 10.1. The molecule has 0 heterocycles. The van der Waals surface area contributed by atoms with Crippen LogP contribution in [-0.4, -0.2) is 5.71 Å². The van der Waals surface area contributed by atoms with Gasteiger partial charge in [0.1, 0.15) is 0 Å². The van der Waals surface area contributed by atoms with Gasteiger partial charge in [-0.3, -0.25) is 4.99 Å². The molecule has 0 aliphatic carbocycles. The van der Waals surface area contributed by atoms with Crippen LogP contribution in [0.5, 0.6) is 0 Å².